The molecule has 0 aliphatic carbocycles. The van der Waals surface area contributed by atoms with Crippen LogP contribution in [0.25, 0.3) is 11.0 Å². The van der Waals surface area contributed by atoms with Gasteiger partial charge >= 0.3 is 0 Å². The quantitative estimate of drug-likeness (QED) is 0.264. The van der Waals surface area contributed by atoms with Crippen LogP contribution in [0.2, 0.25) is 0 Å². The molecule has 2 saturated heterocycles. The Morgan fingerprint density at radius 1 is 0.863 bits per heavy atom. The fourth-order valence-corrected chi connectivity index (χ4v) is 8.89. The van der Waals surface area contributed by atoms with E-state index in [2.05, 4.69) is 49.6 Å². The van der Waals surface area contributed by atoms with E-state index in [-0.39, 0.29) is 48.5 Å². The molecule has 290 valence electrons. The number of anilines is 1. The molecule has 4 heterocycles. The van der Waals surface area contributed by atoms with Crippen molar-refractivity contribution in [3.63, 3.8) is 0 Å². The molecule has 0 spiro atoms. The van der Waals surface area contributed by atoms with Crippen molar-refractivity contribution in [2.45, 2.75) is 80.3 Å². The molecule has 4 unspecified atom stereocenters. The molecular weight excluding hydrogens is 695 g/mol. The minimum absolute atomic E-state index is 0.00862. The van der Waals surface area contributed by atoms with E-state index in [9.17, 15) is 26.4 Å². The largest absolute Gasteiger partial charge is 0.355 e. The first-order chi connectivity index (χ1) is 23.6. The normalized spacial score (nSPS) is 22.5. The Hall–Kier alpha value is -2.86. The average Bonchev–Trinajstić information content (AvgIpc) is 3.53. The molecule has 2 aliphatic heterocycles. The number of carbonyl (C=O) groups excluding carboxylic acids is 2. The van der Waals surface area contributed by atoms with Crippen molar-refractivity contribution in [1.29, 1.82) is 0 Å². The van der Waals surface area contributed by atoms with Gasteiger partial charge < -0.3 is 25.8 Å². The number of H-pyrrole nitrogens is 1. The number of nitrogens with zero attached hydrogens (tertiary/aromatic N) is 5. The maximum Gasteiger partial charge on any atom is 0.225 e. The summed E-state index contributed by atoms with van der Waals surface area (Å²) in [4.78, 5) is 37.6. The molecule has 4 rings (SSSR count). The van der Waals surface area contributed by atoms with Gasteiger partial charge in [-0.05, 0) is 37.8 Å². The summed E-state index contributed by atoms with van der Waals surface area (Å²) < 4.78 is 53.6. The summed E-state index contributed by atoms with van der Waals surface area (Å²) in [6, 6.07) is 2.12. The summed E-state index contributed by atoms with van der Waals surface area (Å²) in [5.74, 6) is 1.15. The first-order valence-electron chi connectivity index (χ1n) is 17.8. The first-order valence-corrected chi connectivity index (χ1v) is 21.0. The number of rotatable bonds is 11. The molecular formula is C34H61N9O6S2. The van der Waals surface area contributed by atoms with Crippen LogP contribution < -0.4 is 20.9 Å². The van der Waals surface area contributed by atoms with Gasteiger partial charge in [-0.15, -0.1) is 0 Å². The number of sulfonamides is 2. The summed E-state index contributed by atoms with van der Waals surface area (Å²) in [7, 11) is -2.97. The molecule has 51 heavy (non-hydrogen) atoms. The van der Waals surface area contributed by atoms with Crippen molar-refractivity contribution in [3.8, 4) is 0 Å². The number of piperidine rings is 2. The van der Waals surface area contributed by atoms with E-state index in [4.69, 9.17) is 0 Å². The van der Waals surface area contributed by atoms with E-state index < -0.39 is 30.9 Å². The molecule has 17 heteroatoms. The Bertz CT molecular complexity index is 1690. The van der Waals surface area contributed by atoms with Crippen LogP contribution in [-0.2, 0) is 29.6 Å². The topological polar surface area (TPSA) is 190 Å². The Labute approximate surface area is 305 Å². The van der Waals surface area contributed by atoms with Crippen LogP contribution in [0.15, 0.2) is 18.6 Å². The highest BCUT2D eigenvalue weighted by atomic mass is 32.2. The molecule has 0 saturated carbocycles. The lowest BCUT2D eigenvalue weighted by molar-refractivity contribution is -0.129. The fourth-order valence-electron chi connectivity index (χ4n) is 6.12. The van der Waals surface area contributed by atoms with E-state index in [0.717, 1.165) is 29.7 Å². The maximum atomic E-state index is 12.9. The van der Waals surface area contributed by atoms with Gasteiger partial charge in [-0.1, -0.05) is 55.4 Å². The minimum Gasteiger partial charge on any atom is -0.355 e. The SMILES string of the molecule is CC1CCN(S(=O)(=O)CCNC(=O)C(C)(C)C)CC1N(C)c1ncnc2[nH]ccc12.CNC1CN(S(=O)(=O)CCNC(=O)C(C)(C)C)CCC1C. The van der Waals surface area contributed by atoms with Crippen molar-refractivity contribution < 1.29 is 26.4 Å². The van der Waals surface area contributed by atoms with Gasteiger partial charge in [0, 0.05) is 75.4 Å². The predicted molar refractivity (Wildman–Crippen MR) is 202 cm³/mol. The van der Waals surface area contributed by atoms with Crippen molar-refractivity contribution >= 4 is 48.7 Å². The van der Waals surface area contributed by atoms with E-state index >= 15 is 0 Å². The minimum atomic E-state index is -3.48. The molecule has 2 aromatic heterocycles. The van der Waals surface area contributed by atoms with Crippen LogP contribution in [0.1, 0.15) is 68.2 Å². The highest BCUT2D eigenvalue weighted by Crippen LogP contribution is 2.29. The third kappa shape index (κ3) is 11.6. The van der Waals surface area contributed by atoms with E-state index in [1.165, 1.54) is 10.6 Å². The Morgan fingerprint density at radius 3 is 1.88 bits per heavy atom. The summed E-state index contributed by atoms with van der Waals surface area (Å²) in [5, 5.41) is 9.51. The van der Waals surface area contributed by atoms with Crippen molar-refractivity contribution in [1.82, 2.24) is 39.5 Å². The number of nitrogens with one attached hydrogen (secondary N) is 4. The first kappa shape index (κ1) is 42.6. The monoisotopic (exact) mass is 755 g/mol. The third-order valence-corrected chi connectivity index (χ3v) is 13.5. The Morgan fingerprint density at radius 2 is 1.37 bits per heavy atom. The predicted octanol–water partition coefficient (Wildman–Crippen LogP) is 2.00. The molecule has 2 amide bonds. The van der Waals surface area contributed by atoms with Gasteiger partial charge in [0.2, 0.25) is 31.9 Å². The second kappa shape index (κ2) is 17.3. The zero-order chi connectivity index (χ0) is 38.4. The standard InChI is InChI=1S/C20H32N6O3S.C14H29N3O3S/c1-14-7-10-26(30(28,29)11-9-22-19(27)20(2,3)4)12-16(14)25(5)18-15-6-8-21-17(15)23-13-24-18;1-11-6-8-17(10-12(11)15-5)21(19,20)9-7-16-13(18)14(2,3)4/h6,8,13-14,16H,7,9-12H2,1-5H3,(H,22,27)(H,21,23,24);11-12,15H,6-10H2,1-5H3,(H,16,18). The molecule has 0 bridgehead atoms. The number of fused-ring (bicyclic) bond motifs is 1. The van der Waals surface area contributed by atoms with E-state index in [1.54, 1.807) is 45.8 Å². The summed E-state index contributed by atoms with van der Waals surface area (Å²) in [6.07, 6.45) is 4.97. The highest BCUT2D eigenvalue weighted by Gasteiger charge is 2.36. The lowest BCUT2D eigenvalue weighted by Crippen LogP contribution is -2.53. The summed E-state index contributed by atoms with van der Waals surface area (Å²) in [5.41, 5.74) is -0.282. The second-order valence-electron chi connectivity index (χ2n) is 15.9. The van der Waals surface area contributed by atoms with Gasteiger partial charge in [0.15, 0.2) is 0 Å². The van der Waals surface area contributed by atoms with Gasteiger partial charge in [-0.3, -0.25) is 9.59 Å². The maximum absolute atomic E-state index is 12.9. The molecule has 0 radical (unpaired) electrons. The van der Waals surface area contributed by atoms with Crippen LogP contribution in [0.3, 0.4) is 0 Å². The van der Waals surface area contributed by atoms with Gasteiger partial charge in [0.1, 0.15) is 17.8 Å². The number of amides is 2. The zero-order valence-electron chi connectivity index (χ0n) is 32.1. The lowest BCUT2D eigenvalue weighted by Gasteiger charge is -2.41. The number of hydrogen-bond acceptors (Lipinski definition) is 10. The smallest absolute Gasteiger partial charge is 0.225 e. The van der Waals surface area contributed by atoms with Crippen LogP contribution >= 0.6 is 0 Å². The molecule has 2 aromatic rings. The molecule has 0 aromatic carbocycles. The average molecular weight is 756 g/mol. The molecule has 4 N–H and O–H groups in total. The van der Waals surface area contributed by atoms with Crippen LogP contribution in [0.4, 0.5) is 5.82 Å². The van der Waals surface area contributed by atoms with Gasteiger partial charge in [0.05, 0.1) is 16.9 Å². The summed E-state index contributed by atoms with van der Waals surface area (Å²) >= 11 is 0. The van der Waals surface area contributed by atoms with E-state index in [1.807, 2.05) is 26.4 Å². The van der Waals surface area contributed by atoms with Gasteiger partial charge in [-0.25, -0.2) is 31.1 Å². The van der Waals surface area contributed by atoms with Crippen molar-refractivity contribution in [2.75, 3.05) is 69.8 Å². The molecule has 2 fully saturated rings. The second-order valence-corrected chi connectivity index (χ2v) is 20.1. The third-order valence-electron chi connectivity index (χ3n) is 9.78. The molecule has 15 nitrogen and oxygen atoms in total. The number of aromatic amines is 1. The van der Waals surface area contributed by atoms with Crippen LogP contribution in [-0.4, -0.2) is 129 Å². The number of carbonyl (C=O) groups is 2. The number of hydrogen-bond donors (Lipinski definition) is 4. The van der Waals surface area contributed by atoms with Gasteiger partial charge in [-0.2, -0.15) is 4.31 Å². The van der Waals surface area contributed by atoms with Gasteiger partial charge in [0.25, 0.3) is 0 Å². The molecule has 2 aliphatic rings. The van der Waals surface area contributed by atoms with E-state index in [0.29, 0.717) is 38.0 Å². The number of likely N-dealkylation sites (N-methyl/N-ethyl adjacent to an activating group) is 2. The highest BCUT2D eigenvalue weighted by molar-refractivity contribution is 7.89. The molecule has 4 atom stereocenters. The van der Waals surface area contributed by atoms with Crippen molar-refractivity contribution in [2.24, 2.45) is 22.7 Å². The van der Waals surface area contributed by atoms with Crippen molar-refractivity contribution in [3.05, 3.63) is 18.6 Å². The zero-order valence-corrected chi connectivity index (χ0v) is 33.7. The van der Waals surface area contributed by atoms with Crippen LogP contribution in [0, 0.1) is 22.7 Å². The Kier molecular flexibility index (Phi) is 14.4. The number of aromatic nitrogens is 3. The Balaban J connectivity index is 0.000000295. The van der Waals surface area contributed by atoms with Crippen LogP contribution in [0.5, 0.6) is 0 Å². The lowest BCUT2D eigenvalue weighted by atomic mass is 9.93. The fraction of sp³-hybridized carbons (Fsp3) is 0.765. The summed E-state index contributed by atoms with van der Waals surface area (Å²) in [6.45, 7) is 17.3.